The first-order chi connectivity index (χ1) is 14.7. The van der Waals surface area contributed by atoms with E-state index >= 15 is 0 Å². The molecular formula is C28H24O2. The van der Waals surface area contributed by atoms with Gasteiger partial charge in [-0.05, 0) is 44.5 Å². The number of aliphatic hydroxyl groups is 2. The van der Waals surface area contributed by atoms with E-state index in [1.165, 1.54) is 0 Å². The maximum absolute atomic E-state index is 11.3. The minimum Gasteiger partial charge on any atom is -0.388 e. The van der Waals surface area contributed by atoms with Crippen molar-refractivity contribution < 1.29 is 10.2 Å². The molecule has 0 heterocycles. The van der Waals surface area contributed by atoms with Gasteiger partial charge in [0.05, 0.1) is 12.2 Å². The van der Waals surface area contributed by atoms with Crippen molar-refractivity contribution in [2.24, 2.45) is 0 Å². The van der Waals surface area contributed by atoms with Crippen LogP contribution in [0.1, 0.15) is 34.5 Å². The lowest BCUT2D eigenvalue weighted by Gasteiger charge is -2.23. The summed E-state index contributed by atoms with van der Waals surface area (Å²) in [5, 5.41) is 22.5. The molecule has 5 rings (SSSR count). The van der Waals surface area contributed by atoms with Crippen molar-refractivity contribution >= 4 is 0 Å². The van der Waals surface area contributed by atoms with Crippen LogP contribution in [0.5, 0.6) is 0 Å². The first kappa shape index (κ1) is 18.8. The molecule has 2 N–H and O–H groups in total. The summed E-state index contributed by atoms with van der Waals surface area (Å²) in [7, 11) is 0. The maximum Gasteiger partial charge on any atom is 0.0836 e. The summed E-state index contributed by atoms with van der Waals surface area (Å²) in [4.78, 5) is 0. The van der Waals surface area contributed by atoms with E-state index in [9.17, 15) is 10.2 Å². The van der Waals surface area contributed by atoms with E-state index in [1.807, 2.05) is 60.7 Å². The van der Waals surface area contributed by atoms with Gasteiger partial charge >= 0.3 is 0 Å². The third-order valence-electron chi connectivity index (χ3n) is 6.08. The number of aliphatic hydroxyl groups excluding tert-OH is 2. The lowest BCUT2D eigenvalue weighted by molar-refractivity contribution is 0.177. The Morgan fingerprint density at radius 3 is 1.20 bits per heavy atom. The average molecular weight is 392 g/mol. The van der Waals surface area contributed by atoms with Gasteiger partial charge in [0.1, 0.15) is 0 Å². The van der Waals surface area contributed by atoms with Gasteiger partial charge in [-0.15, -0.1) is 0 Å². The van der Waals surface area contributed by atoms with Gasteiger partial charge in [-0.2, -0.15) is 0 Å². The van der Waals surface area contributed by atoms with Crippen molar-refractivity contribution in [3.8, 4) is 22.3 Å². The number of hydrogen-bond donors (Lipinski definition) is 2. The number of rotatable bonds is 0. The second kappa shape index (κ2) is 7.91. The van der Waals surface area contributed by atoms with E-state index in [-0.39, 0.29) is 0 Å². The van der Waals surface area contributed by atoms with Crippen molar-refractivity contribution in [2.45, 2.75) is 25.0 Å². The van der Waals surface area contributed by atoms with Crippen LogP contribution >= 0.6 is 0 Å². The van der Waals surface area contributed by atoms with Crippen molar-refractivity contribution in [1.82, 2.24) is 0 Å². The van der Waals surface area contributed by atoms with Gasteiger partial charge in [0.25, 0.3) is 0 Å². The number of fused-ring (bicyclic) bond motifs is 6. The SMILES string of the molecule is O[C@H]1Cc2ccccc2-c2ccccc2[C@@H](O)Cc2ccccc2-c2ccccc21. The Morgan fingerprint density at radius 1 is 0.433 bits per heavy atom. The summed E-state index contributed by atoms with van der Waals surface area (Å²) in [6.07, 6.45) is -0.210. The average Bonchev–Trinajstić information content (AvgIpc) is 2.79. The zero-order valence-corrected chi connectivity index (χ0v) is 16.7. The topological polar surface area (TPSA) is 40.5 Å². The van der Waals surface area contributed by atoms with Gasteiger partial charge in [0.15, 0.2) is 0 Å². The summed E-state index contributed by atoms with van der Waals surface area (Å²) >= 11 is 0. The molecule has 0 aliphatic heterocycles. The van der Waals surface area contributed by atoms with Gasteiger partial charge in [-0.1, -0.05) is 97.1 Å². The first-order valence-electron chi connectivity index (χ1n) is 10.4. The Kier molecular flexibility index (Phi) is 4.96. The standard InChI is InChI=1S/C28H24O2/c29-27-17-19-9-1-3-11-21(19)23-13-5-7-15-25(23)28(30)18-20-10-2-4-12-22(20)24-14-6-8-16-26(24)27/h1-16,27-30H,17-18H2/t27-,28-/m0/s1. The molecule has 1 aliphatic carbocycles. The van der Waals surface area contributed by atoms with Crippen LogP contribution in [-0.4, -0.2) is 10.2 Å². The Bertz CT molecular complexity index is 1100. The third-order valence-corrected chi connectivity index (χ3v) is 6.08. The lowest BCUT2D eigenvalue weighted by Crippen LogP contribution is -2.10. The fourth-order valence-electron chi connectivity index (χ4n) is 4.62. The molecule has 1 aliphatic rings. The number of benzene rings is 4. The molecule has 148 valence electrons. The molecule has 0 saturated heterocycles. The monoisotopic (exact) mass is 392 g/mol. The molecule has 4 aromatic carbocycles. The van der Waals surface area contributed by atoms with E-state index in [4.69, 9.17) is 0 Å². The van der Waals surface area contributed by atoms with Crippen LogP contribution in [0.25, 0.3) is 22.3 Å². The van der Waals surface area contributed by atoms with Gasteiger partial charge in [-0.25, -0.2) is 0 Å². The predicted molar refractivity (Wildman–Crippen MR) is 121 cm³/mol. The summed E-state index contributed by atoms with van der Waals surface area (Å²) in [6, 6.07) is 32.5. The van der Waals surface area contributed by atoms with Crippen LogP contribution in [0.15, 0.2) is 97.1 Å². The minimum absolute atomic E-state index is 0.514. The molecule has 2 atom stereocenters. The van der Waals surface area contributed by atoms with Gasteiger partial charge in [0, 0.05) is 12.8 Å². The predicted octanol–water partition coefficient (Wildman–Crippen LogP) is 5.89. The zero-order chi connectivity index (χ0) is 20.5. The number of hydrogen-bond acceptors (Lipinski definition) is 2. The normalized spacial score (nSPS) is 18.1. The highest BCUT2D eigenvalue weighted by Gasteiger charge is 2.22. The fourth-order valence-corrected chi connectivity index (χ4v) is 4.62. The van der Waals surface area contributed by atoms with E-state index < -0.39 is 12.2 Å². The molecule has 4 aromatic rings. The molecule has 0 spiro atoms. The Hall–Kier alpha value is -3.20. The molecule has 0 saturated carbocycles. The molecule has 0 aromatic heterocycles. The van der Waals surface area contributed by atoms with Gasteiger partial charge < -0.3 is 10.2 Å². The maximum atomic E-state index is 11.3. The summed E-state index contributed by atoms with van der Waals surface area (Å²) < 4.78 is 0. The molecule has 0 fully saturated rings. The van der Waals surface area contributed by atoms with Crippen molar-refractivity contribution in [3.05, 3.63) is 119 Å². The quantitative estimate of drug-likeness (QED) is 0.392. The minimum atomic E-state index is -0.619. The third kappa shape index (κ3) is 3.35. The van der Waals surface area contributed by atoms with Crippen molar-refractivity contribution in [2.75, 3.05) is 0 Å². The summed E-state index contributed by atoms with van der Waals surface area (Å²) in [6.45, 7) is 0. The van der Waals surface area contributed by atoms with Crippen LogP contribution in [0.2, 0.25) is 0 Å². The molecule has 2 heteroatoms. The molecule has 0 radical (unpaired) electrons. The van der Waals surface area contributed by atoms with Gasteiger partial charge in [0.2, 0.25) is 0 Å². The molecule has 0 unspecified atom stereocenters. The highest BCUT2D eigenvalue weighted by molar-refractivity contribution is 5.74. The first-order valence-corrected chi connectivity index (χ1v) is 10.4. The van der Waals surface area contributed by atoms with Crippen molar-refractivity contribution in [1.29, 1.82) is 0 Å². The smallest absolute Gasteiger partial charge is 0.0836 e. The Balaban J connectivity index is 1.77. The van der Waals surface area contributed by atoms with Crippen LogP contribution in [0.4, 0.5) is 0 Å². The van der Waals surface area contributed by atoms with Gasteiger partial charge in [-0.3, -0.25) is 0 Å². The fraction of sp³-hybridized carbons (Fsp3) is 0.143. The largest absolute Gasteiger partial charge is 0.388 e. The molecule has 30 heavy (non-hydrogen) atoms. The molecule has 0 amide bonds. The molecule has 2 nitrogen and oxygen atoms in total. The molecule has 0 bridgehead atoms. The van der Waals surface area contributed by atoms with E-state index in [1.54, 1.807) is 0 Å². The van der Waals surface area contributed by atoms with Crippen LogP contribution in [0, 0.1) is 0 Å². The van der Waals surface area contributed by atoms with Crippen LogP contribution in [0.3, 0.4) is 0 Å². The lowest BCUT2D eigenvalue weighted by atomic mass is 9.84. The zero-order valence-electron chi connectivity index (χ0n) is 16.7. The highest BCUT2D eigenvalue weighted by Crippen LogP contribution is 2.38. The van der Waals surface area contributed by atoms with E-state index in [2.05, 4.69) is 36.4 Å². The van der Waals surface area contributed by atoms with E-state index in [0.29, 0.717) is 12.8 Å². The second-order valence-electron chi connectivity index (χ2n) is 7.93. The Morgan fingerprint density at radius 2 is 0.767 bits per heavy atom. The Labute approximate surface area is 177 Å². The summed E-state index contributed by atoms with van der Waals surface area (Å²) in [5.41, 5.74) is 8.18. The van der Waals surface area contributed by atoms with Crippen LogP contribution < -0.4 is 0 Å². The summed E-state index contributed by atoms with van der Waals surface area (Å²) in [5.74, 6) is 0. The van der Waals surface area contributed by atoms with E-state index in [0.717, 1.165) is 44.5 Å². The highest BCUT2D eigenvalue weighted by atomic mass is 16.3. The van der Waals surface area contributed by atoms with Crippen molar-refractivity contribution in [3.63, 3.8) is 0 Å². The van der Waals surface area contributed by atoms with Crippen LogP contribution in [-0.2, 0) is 12.8 Å². The molecular weight excluding hydrogens is 368 g/mol. The second-order valence-corrected chi connectivity index (χ2v) is 7.93.